The third kappa shape index (κ3) is 2.78. The molecule has 0 aliphatic heterocycles. The molecule has 0 unspecified atom stereocenters. The molecule has 0 spiro atoms. The summed E-state index contributed by atoms with van der Waals surface area (Å²) in [5, 5.41) is 14.5. The number of rotatable bonds is 5. The SMILES string of the molecule is CCOC(=O)c1nnn(Cc2cn(C)nn2)c1C(F)F. The molecule has 0 saturated carbocycles. The molecule has 2 heterocycles. The van der Waals surface area contributed by atoms with E-state index >= 15 is 0 Å². The zero-order valence-electron chi connectivity index (χ0n) is 10.8. The molecule has 0 aliphatic carbocycles. The highest BCUT2D eigenvalue weighted by molar-refractivity contribution is 5.88. The lowest BCUT2D eigenvalue weighted by Crippen LogP contribution is -2.12. The van der Waals surface area contributed by atoms with Gasteiger partial charge in [0.05, 0.1) is 13.2 Å². The van der Waals surface area contributed by atoms with E-state index in [0.717, 1.165) is 4.68 Å². The maximum atomic E-state index is 13.1. The summed E-state index contributed by atoms with van der Waals surface area (Å²) < 4.78 is 33.2. The van der Waals surface area contributed by atoms with Gasteiger partial charge >= 0.3 is 5.97 Å². The minimum Gasteiger partial charge on any atom is -0.461 e. The highest BCUT2D eigenvalue weighted by atomic mass is 19.3. The molecule has 2 aromatic heterocycles. The predicted molar refractivity (Wildman–Crippen MR) is 61.0 cm³/mol. The number of aryl methyl sites for hydroxylation is 1. The zero-order chi connectivity index (χ0) is 14.7. The molecule has 0 saturated heterocycles. The largest absolute Gasteiger partial charge is 0.461 e. The maximum Gasteiger partial charge on any atom is 0.361 e. The monoisotopic (exact) mass is 286 g/mol. The predicted octanol–water partition coefficient (Wildman–Crippen LogP) is 0.569. The number of aromatic nitrogens is 6. The fourth-order valence-corrected chi connectivity index (χ4v) is 1.62. The van der Waals surface area contributed by atoms with Crippen LogP contribution in [0.2, 0.25) is 0 Å². The number of hydrogen-bond donors (Lipinski definition) is 0. The van der Waals surface area contributed by atoms with E-state index in [1.807, 2.05) is 0 Å². The van der Waals surface area contributed by atoms with Crippen LogP contribution in [0.5, 0.6) is 0 Å². The Balaban J connectivity index is 2.31. The number of nitrogens with zero attached hydrogens (tertiary/aromatic N) is 6. The average molecular weight is 286 g/mol. The van der Waals surface area contributed by atoms with Crippen LogP contribution in [0.25, 0.3) is 0 Å². The van der Waals surface area contributed by atoms with Crippen LogP contribution in [0.1, 0.15) is 35.2 Å². The Morgan fingerprint density at radius 2 is 2.15 bits per heavy atom. The minimum absolute atomic E-state index is 0.0556. The van der Waals surface area contributed by atoms with Crippen LogP contribution < -0.4 is 0 Å². The van der Waals surface area contributed by atoms with Gasteiger partial charge in [0, 0.05) is 13.2 Å². The first-order valence-electron chi connectivity index (χ1n) is 5.76. The summed E-state index contributed by atoms with van der Waals surface area (Å²) >= 11 is 0. The first-order valence-corrected chi connectivity index (χ1v) is 5.76. The van der Waals surface area contributed by atoms with E-state index in [1.165, 1.54) is 4.68 Å². The van der Waals surface area contributed by atoms with E-state index < -0.39 is 23.8 Å². The average Bonchev–Trinajstić information content (AvgIpc) is 2.96. The second kappa shape index (κ2) is 5.72. The van der Waals surface area contributed by atoms with E-state index in [0.29, 0.717) is 5.69 Å². The van der Waals surface area contributed by atoms with Crippen LogP contribution in [0, 0.1) is 0 Å². The van der Waals surface area contributed by atoms with Gasteiger partial charge in [-0.15, -0.1) is 10.2 Å². The van der Waals surface area contributed by atoms with Crippen LogP contribution >= 0.6 is 0 Å². The third-order valence-corrected chi connectivity index (χ3v) is 2.41. The molecule has 0 N–H and O–H groups in total. The molecule has 108 valence electrons. The molecule has 2 aromatic rings. The van der Waals surface area contributed by atoms with Crippen molar-refractivity contribution in [3.63, 3.8) is 0 Å². The Morgan fingerprint density at radius 3 is 2.70 bits per heavy atom. The van der Waals surface area contributed by atoms with E-state index in [9.17, 15) is 13.6 Å². The van der Waals surface area contributed by atoms with Crippen LogP contribution in [0.3, 0.4) is 0 Å². The van der Waals surface area contributed by atoms with Gasteiger partial charge in [0.15, 0.2) is 5.69 Å². The molecule has 20 heavy (non-hydrogen) atoms. The van der Waals surface area contributed by atoms with E-state index in [4.69, 9.17) is 0 Å². The Hall–Kier alpha value is -2.39. The van der Waals surface area contributed by atoms with Gasteiger partial charge in [-0.25, -0.2) is 18.3 Å². The van der Waals surface area contributed by atoms with E-state index in [1.54, 1.807) is 20.2 Å². The lowest BCUT2D eigenvalue weighted by molar-refractivity contribution is 0.0506. The third-order valence-electron chi connectivity index (χ3n) is 2.41. The molecular formula is C10H12F2N6O2. The number of esters is 1. The first-order chi connectivity index (χ1) is 9.52. The van der Waals surface area contributed by atoms with Gasteiger partial charge < -0.3 is 4.74 Å². The van der Waals surface area contributed by atoms with Crippen molar-refractivity contribution in [3.8, 4) is 0 Å². The summed E-state index contributed by atoms with van der Waals surface area (Å²) in [5.41, 5.74) is -0.644. The van der Waals surface area contributed by atoms with Crippen molar-refractivity contribution < 1.29 is 18.3 Å². The summed E-state index contributed by atoms with van der Waals surface area (Å²) in [4.78, 5) is 11.5. The molecule has 10 heteroatoms. The lowest BCUT2D eigenvalue weighted by Gasteiger charge is -2.05. The van der Waals surface area contributed by atoms with Crippen molar-refractivity contribution in [2.45, 2.75) is 19.9 Å². The smallest absolute Gasteiger partial charge is 0.361 e. The van der Waals surface area contributed by atoms with Crippen LogP contribution in [0.4, 0.5) is 8.78 Å². The number of hydrogen-bond acceptors (Lipinski definition) is 6. The van der Waals surface area contributed by atoms with Gasteiger partial charge in [0.1, 0.15) is 11.4 Å². The van der Waals surface area contributed by atoms with Crippen LogP contribution in [0.15, 0.2) is 6.20 Å². The maximum absolute atomic E-state index is 13.1. The molecule has 0 aliphatic rings. The number of alkyl halides is 2. The van der Waals surface area contributed by atoms with Gasteiger partial charge in [-0.3, -0.25) is 4.68 Å². The zero-order valence-corrected chi connectivity index (χ0v) is 10.8. The standard InChI is InChI=1S/C10H12F2N6O2/c1-3-20-10(19)7-8(9(11)12)18(16-14-7)5-6-4-17(2)15-13-6/h4,9H,3,5H2,1-2H3. The van der Waals surface area contributed by atoms with Gasteiger partial charge in [0.25, 0.3) is 6.43 Å². The topological polar surface area (TPSA) is 87.7 Å². The van der Waals surface area contributed by atoms with Gasteiger partial charge in [0.2, 0.25) is 0 Å². The van der Waals surface area contributed by atoms with Crippen molar-refractivity contribution >= 4 is 5.97 Å². The number of carbonyl (C=O) groups excluding carboxylic acids is 1. The van der Waals surface area contributed by atoms with Crippen molar-refractivity contribution in [3.05, 3.63) is 23.3 Å². The molecule has 0 aromatic carbocycles. The molecule has 0 radical (unpaired) electrons. The first kappa shape index (κ1) is 14.0. The Morgan fingerprint density at radius 1 is 1.40 bits per heavy atom. The summed E-state index contributed by atoms with van der Waals surface area (Å²) in [5.74, 6) is -0.923. The summed E-state index contributed by atoms with van der Waals surface area (Å²) in [6.45, 7) is 1.59. The second-order valence-electron chi connectivity index (χ2n) is 3.89. The number of ether oxygens (including phenoxy) is 1. The quantitative estimate of drug-likeness (QED) is 0.747. The van der Waals surface area contributed by atoms with Crippen molar-refractivity contribution in [2.75, 3.05) is 6.61 Å². The van der Waals surface area contributed by atoms with E-state index in [-0.39, 0.29) is 13.2 Å². The van der Waals surface area contributed by atoms with Crippen LogP contribution in [-0.4, -0.2) is 42.6 Å². The van der Waals surface area contributed by atoms with Gasteiger partial charge in [-0.2, -0.15) is 0 Å². The number of halogens is 2. The fourth-order valence-electron chi connectivity index (χ4n) is 1.62. The minimum atomic E-state index is -2.90. The summed E-state index contributed by atoms with van der Waals surface area (Å²) in [7, 11) is 1.65. The normalized spacial score (nSPS) is 11.1. The molecular weight excluding hydrogens is 274 g/mol. The number of carbonyl (C=O) groups is 1. The Labute approximate surface area is 112 Å². The summed E-state index contributed by atoms with van der Waals surface area (Å²) in [6.07, 6.45) is -1.35. The van der Waals surface area contributed by atoms with Gasteiger partial charge in [-0.1, -0.05) is 10.4 Å². The Kier molecular flexibility index (Phi) is 4.01. The summed E-state index contributed by atoms with van der Waals surface area (Å²) in [6, 6.07) is 0. The molecule has 0 atom stereocenters. The molecule has 0 amide bonds. The highest BCUT2D eigenvalue weighted by Gasteiger charge is 2.27. The van der Waals surface area contributed by atoms with Crippen molar-refractivity contribution in [1.29, 1.82) is 0 Å². The fraction of sp³-hybridized carbons (Fsp3) is 0.500. The van der Waals surface area contributed by atoms with Crippen molar-refractivity contribution in [2.24, 2.45) is 7.05 Å². The second-order valence-corrected chi connectivity index (χ2v) is 3.89. The highest BCUT2D eigenvalue weighted by Crippen LogP contribution is 2.22. The van der Waals surface area contributed by atoms with Crippen LogP contribution in [-0.2, 0) is 18.3 Å². The molecule has 2 rings (SSSR count). The Bertz CT molecular complexity index is 609. The lowest BCUT2D eigenvalue weighted by atomic mass is 10.3. The van der Waals surface area contributed by atoms with E-state index in [2.05, 4.69) is 25.4 Å². The van der Waals surface area contributed by atoms with Gasteiger partial charge in [-0.05, 0) is 6.92 Å². The molecule has 8 nitrogen and oxygen atoms in total. The molecule has 0 bridgehead atoms. The van der Waals surface area contributed by atoms with Crippen molar-refractivity contribution in [1.82, 2.24) is 30.0 Å². The molecule has 0 fully saturated rings.